The first-order chi connectivity index (χ1) is 10.6. The number of nitrogens with zero attached hydrogens (tertiary/aromatic N) is 2. The molecule has 2 atom stereocenters. The Bertz CT molecular complexity index is 612. The number of hydrogen-bond donors (Lipinski definition) is 1. The summed E-state index contributed by atoms with van der Waals surface area (Å²) in [6, 6.07) is -2.36. The van der Waals surface area contributed by atoms with Crippen LogP contribution >= 0.6 is 0 Å². The number of carbonyl (C=O) groups excluding carboxylic acids is 2. The summed E-state index contributed by atoms with van der Waals surface area (Å²) in [5.74, 6) is -0.839. The molecule has 1 aliphatic rings. The second-order valence-electron chi connectivity index (χ2n) is 5.62. The first-order valence-electron chi connectivity index (χ1n) is 7.18. The summed E-state index contributed by atoms with van der Waals surface area (Å²) in [4.78, 5) is 28.4. The Morgan fingerprint density at radius 3 is 2.43 bits per heavy atom. The van der Waals surface area contributed by atoms with Gasteiger partial charge in [-0.3, -0.25) is 9.59 Å². The summed E-state index contributed by atoms with van der Waals surface area (Å²) in [7, 11) is 0. The molecular weight excluding hydrogens is 315 g/mol. The first-order valence-corrected chi connectivity index (χ1v) is 7.18. The van der Waals surface area contributed by atoms with E-state index in [1.165, 1.54) is 0 Å². The normalized spacial score (nSPS) is 22.1. The summed E-state index contributed by atoms with van der Waals surface area (Å²) in [5.41, 5.74) is 0.410. The summed E-state index contributed by atoms with van der Waals surface area (Å²) in [5, 5.41) is 2.61. The van der Waals surface area contributed by atoms with E-state index in [1.807, 2.05) is 0 Å². The minimum Gasteiger partial charge on any atom is -0.436 e. The maximum Gasteiger partial charge on any atom is 0.408 e. The van der Waals surface area contributed by atoms with Gasteiger partial charge < -0.3 is 14.6 Å². The summed E-state index contributed by atoms with van der Waals surface area (Å²) in [6.45, 7) is 4.11. The molecule has 1 N–H and O–H groups in total. The van der Waals surface area contributed by atoms with E-state index in [0.717, 1.165) is 11.8 Å². The van der Waals surface area contributed by atoms with E-state index < -0.39 is 30.1 Å². The molecule has 0 bridgehead atoms. The van der Waals surface area contributed by atoms with Crippen molar-refractivity contribution < 1.29 is 27.2 Å². The number of piperidine rings is 1. The van der Waals surface area contributed by atoms with Gasteiger partial charge in [-0.1, -0.05) is 0 Å². The lowest BCUT2D eigenvalue weighted by Gasteiger charge is -2.40. The van der Waals surface area contributed by atoms with Crippen molar-refractivity contribution in [2.24, 2.45) is 0 Å². The second-order valence-corrected chi connectivity index (χ2v) is 5.62. The number of halogens is 3. The molecule has 23 heavy (non-hydrogen) atoms. The average Bonchev–Trinajstić information content (AvgIpc) is 2.76. The maximum atomic E-state index is 13.0. The minimum atomic E-state index is -4.47. The third-order valence-electron chi connectivity index (χ3n) is 3.81. The monoisotopic (exact) mass is 333 g/mol. The van der Waals surface area contributed by atoms with E-state index >= 15 is 0 Å². The van der Waals surface area contributed by atoms with Crippen molar-refractivity contribution >= 4 is 11.8 Å². The van der Waals surface area contributed by atoms with Gasteiger partial charge in [0.05, 0.1) is 5.69 Å². The van der Waals surface area contributed by atoms with E-state index in [-0.39, 0.29) is 25.1 Å². The van der Waals surface area contributed by atoms with Crippen LogP contribution in [0, 0.1) is 13.8 Å². The molecule has 0 saturated carbocycles. The number of carbonyl (C=O) groups is 2. The molecule has 0 aromatic carbocycles. The van der Waals surface area contributed by atoms with Crippen LogP contribution < -0.4 is 5.32 Å². The standard InChI is InChI=1S/C14H18F3N3O3/c1-7-12(23-8(2)18-7)13(22)19-10-4-5-11(14(15,16)17)20(6-10)9(3)21/h10-11H,4-6H2,1-3H3,(H,19,22). The highest BCUT2D eigenvalue weighted by Gasteiger charge is 2.47. The van der Waals surface area contributed by atoms with Crippen molar-refractivity contribution in [3.8, 4) is 0 Å². The fourth-order valence-electron chi connectivity index (χ4n) is 2.77. The quantitative estimate of drug-likeness (QED) is 0.898. The number of likely N-dealkylation sites (tertiary alicyclic amines) is 1. The molecule has 1 saturated heterocycles. The maximum absolute atomic E-state index is 13.0. The zero-order valence-corrected chi connectivity index (χ0v) is 13.0. The Hall–Kier alpha value is -2.06. The second kappa shape index (κ2) is 6.21. The number of amides is 2. The molecule has 2 rings (SSSR count). The number of hydrogen-bond acceptors (Lipinski definition) is 4. The van der Waals surface area contributed by atoms with Gasteiger partial charge in [0.15, 0.2) is 5.89 Å². The van der Waals surface area contributed by atoms with Crippen molar-refractivity contribution in [2.45, 2.75) is 51.9 Å². The highest BCUT2D eigenvalue weighted by Crippen LogP contribution is 2.32. The van der Waals surface area contributed by atoms with Crippen LogP contribution in [-0.4, -0.2) is 46.5 Å². The molecule has 9 heteroatoms. The molecule has 1 aromatic heterocycles. The topological polar surface area (TPSA) is 75.4 Å². The van der Waals surface area contributed by atoms with Crippen molar-refractivity contribution in [1.82, 2.24) is 15.2 Å². The molecule has 1 aromatic rings. The van der Waals surface area contributed by atoms with E-state index in [9.17, 15) is 22.8 Å². The van der Waals surface area contributed by atoms with Crippen LogP contribution in [0.15, 0.2) is 4.42 Å². The molecule has 0 aliphatic carbocycles. The highest BCUT2D eigenvalue weighted by atomic mass is 19.4. The molecule has 2 heterocycles. The number of alkyl halides is 3. The molecule has 128 valence electrons. The number of oxazole rings is 1. The lowest BCUT2D eigenvalue weighted by Crippen LogP contribution is -2.57. The van der Waals surface area contributed by atoms with E-state index in [1.54, 1.807) is 13.8 Å². The van der Waals surface area contributed by atoms with Gasteiger partial charge >= 0.3 is 6.18 Å². The van der Waals surface area contributed by atoms with Crippen LogP contribution in [0.1, 0.15) is 41.9 Å². The fourth-order valence-corrected chi connectivity index (χ4v) is 2.77. The van der Waals surface area contributed by atoms with Crippen LogP contribution in [0.5, 0.6) is 0 Å². The van der Waals surface area contributed by atoms with Crippen LogP contribution in [-0.2, 0) is 4.79 Å². The van der Waals surface area contributed by atoms with Gasteiger partial charge in [0.1, 0.15) is 6.04 Å². The SMILES string of the molecule is CC(=O)N1CC(NC(=O)c2oc(C)nc2C)CCC1C(F)(F)F. The molecule has 1 aliphatic heterocycles. The van der Waals surface area contributed by atoms with E-state index in [0.29, 0.717) is 11.6 Å². The van der Waals surface area contributed by atoms with Crippen molar-refractivity contribution in [2.75, 3.05) is 6.54 Å². The molecule has 2 amide bonds. The van der Waals surface area contributed by atoms with Crippen molar-refractivity contribution in [3.63, 3.8) is 0 Å². The summed E-state index contributed by atoms with van der Waals surface area (Å²) in [6.07, 6.45) is -4.59. The third kappa shape index (κ3) is 3.83. The lowest BCUT2D eigenvalue weighted by atomic mass is 9.97. The van der Waals surface area contributed by atoms with Gasteiger partial charge in [-0.15, -0.1) is 0 Å². The molecule has 6 nitrogen and oxygen atoms in total. The Kier molecular flexibility index (Phi) is 4.67. The van der Waals surface area contributed by atoms with E-state index in [4.69, 9.17) is 4.42 Å². The van der Waals surface area contributed by atoms with Gasteiger partial charge in [-0.2, -0.15) is 13.2 Å². The average molecular weight is 333 g/mol. The number of aryl methyl sites for hydroxylation is 2. The highest BCUT2D eigenvalue weighted by molar-refractivity contribution is 5.92. The molecule has 1 fully saturated rings. The van der Waals surface area contributed by atoms with Gasteiger partial charge in [-0.05, 0) is 19.8 Å². The smallest absolute Gasteiger partial charge is 0.408 e. The van der Waals surface area contributed by atoms with Gasteiger partial charge in [0.25, 0.3) is 5.91 Å². The first kappa shape index (κ1) is 17.3. The molecule has 2 unspecified atom stereocenters. The molecular formula is C14H18F3N3O3. The van der Waals surface area contributed by atoms with Crippen LogP contribution in [0.3, 0.4) is 0 Å². The minimum absolute atomic E-state index is 0.0369. The summed E-state index contributed by atoms with van der Waals surface area (Å²) >= 11 is 0. The predicted octanol–water partition coefficient (Wildman–Crippen LogP) is 1.96. The van der Waals surface area contributed by atoms with E-state index in [2.05, 4.69) is 10.3 Å². The molecule has 0 spiro atoms. The fraction of sp³-hybridized carbons (Fsp3) is 0.643. The predicted molar refractivity (Wildman–Crippen MR) is 73.7 cm³/mol. The third-order valence-corrected chi connectivity index (χ3v) is 3.81. The largest absolute Gasteiger partial charge is 0.436 e. The van der Waals surface area contributed by atoms with Gasteiger partial charge in [0.2, 0.25) is 11.7 Å². The van der Waals surface area contributed by atoms with Crippen LogP contribution in [0.4, 0.5) is 13.2 Å². The number of aromatic nitrogens is 1. The Morgan fingerprint density at radius 2 is 1.96 bits per heavy atom. The van der Waals surface area contributed by atoms with Crippen LogP contribution in [0.2, 0.25) is 0 Å². The zero-order chi connectivity index (χ0) is 17.4. The number of nitrogens with one attached hydrogen (secondary N) is 1. The van der Waals surface area contributed by atoms with Crippen molar-refractivity contribution in [3.05, 3.63) is 17.3 Å². The van der Waals surface area contributed by atoms with Gasteiger partial charge in [-0.25, -0.2) is 4.98 Å². The Labute approximate surface area is 131 Å². The van der Waals surface area contributed by atoms with Gasteiger partial charge in [0, 0.05) is 26.4 Å². The zero-order valence-electron chi connectivity index (χ0n) is 13.0. The Morgan fingerprint density at radius 1 is 1.30 bits per heavy atom. The van der Waals surface area contributed by atoms with Crippen LogP contribution in [0.25, 0.3) is 0 Å². The summed E-state index contributed by atoms with van der Waals surface area (Å²) < 4.78 is 44.1. The number of rotatable bonds is 2. The van der Waals surface area contributed by atoms with Crippen molar-refractivity contribution in [1.29, 1.82) is 0 Å². The molecule has 0 radical (unpaired) electrons. The Balaban J connectivity index is 2.07. The lowest BCUT2D eigenvalue weighted by molar-refractivity contribution is -0.196.